The summed E-state index contributed by atoms with van der Waals surface area (Å²) in [6.45, 7) is 1.95. The van der Waals surface area contributed by atoms with E-state index in [0.717, 1.165) is 0 Å². The molecule has 68 valence electrons. The maximum absolute atomic E-state index is 11.1. The summed E-state index contributed by atoms with van der Waals surface area (Å²) in [5.74, 6) is -0.486. The predicted molar refractivity (Wildman–Crippen MR) is 43.4 cm³/mol. The number of ether oxygens (including phenoxy) is 1. The molecule has 1 N–H and O–H groups in total. The van der Waals surface area contributed by atoms with Gasteiger partial charge in [-0.25, -0.2) is 4.79 Å². The van der Waals surface area contributed by atoms with Crippen LogP contribution in [0.15, 0.2) is 11.3 Å². The van der Waals surface area contributed by atoms with Crippen LogP contribution in [0.2, 0.25) is 0 Å². The number of carbonyl (C=O) groups is 1. The molecule has 0 aliphatic carbocycles. The van der Waals surface area contributed by atoms with Gasteiger partial charge in [-0.3, -0.25) is 5.10 Å². The fourth-order valence-corrected chi connectivity index (χ4v) is 0.759. The molecule has 0 spiro atoms. The Morgan fingerprint density at radius 2 is 2.69 bits per heavy atom. The van der Waals surface area contributed by atoms with Crippen molar-refractivity contribution in [3.05, 3.63) is 22.2 Å². The minimum atomic E-state index is -0.557. The maximum Gasteiger partial charge on any atom is 0.341 e. The molecular weight excluding hydrogens is 174 g/mol. The van der Waals surface area contributed by atoms with Gasteiger partial charge in [0.2, 0.25) is 0 Å². The van der Waals surface area contributed by atoms with Crippen LogP contribution in [0.3, 0.4) is 0 Å². The predicted octanol–water partition coefficient (Wildman–Crippen LogP) is 1.53. The average Bonchev–Trinajstić information content (AvgIpc) is 2.54. The number of aromatic nitrogens is 2. The molecule has 1 rings (SSSR count). The topological polar surface area (TPSA) is 104 Å². The first-order valence-electron chi connectivity index (χ1n) is 3.55. The highest BCUT2D eigenvalue weighted by molar-refractivity contribution is 5.93. The highest BCUT2D eigenvalue weighted by Gasteiger charge is 2.12. The fraction of sp³-hybridized carbons (Fsp3) is 0.333. The summed E-state index contributed by atoms with van der Waals surface area (Å²) in [6.07, 6.45) is 1.25. The molecule has 0 aliphatic heterocycles. The van der Waals surface area contributed by atoms with Crippen molar-refractivity contribution in [3.63, 3.8) is 0 Å². The van der Waals surface area contributed by atoms with E-state index in [1.54, 1.807) is 6.92 Å². The van der Waals surface area contributed by atoms with Gasteiger partial charge in [0.1, 0.15) is 11.4 Å². The monoisotopic (exact) mass is 181 g/mol. The van der Waals surface area contributed by atoms with E-state index < -0.39 is 5.97 Å². The molecule has 0 amide bonds. The Kier molecular flexibility index (Phi) is 2.88. The number of rotatable bonds is 3. The third-order valence-electron chi connectivity index (χ3n) is 1.26. The van der Waals surface area contributed by atoms with Gasteiger partial charge in [-0.05, 0) is 17.6 Å². The zero-order valence-electron chi connectivity index (χ0n) is 6.89. The van der Waals surface area contributed by atoms with Crippen LogP contribution in [-0.4, -0.2) is 22.8 Å². The molecule has 0 aromatic carbocycles. The molecule has 7 heteroatoms. The number of aromatic amines is 1. The van der Waals surface area contributed by atoms with E-state index >= 15 is 0 Å². The van der Waals surface area contributed by atoms with E-state index in [0.29, 0.717) is 0 Å². The number of carbonyl (C=O) groups excluding carboxylic acids is 1. The van der Waals surface area contributed by atoms with Crippen molar-refractivity contribution in [1.29, 1.82) is 0 Å². The summed E-state index contributed by atoms with van der Waals surface area (Å²) in [5, 5.41) is 9.16. The molecule has 0 unspecified atom stereocenters. The number of hydrogen-bond donors (Lipinski definition) is 1. The van der Waals surface area contributed by atoms with Crippen molar-refractivity contribution >= 4 is 11.8 Å². The van der Waals surface area contributed by atoms with E-state index in [1.807, 2.05) is 0 Å². The molecule has 1 aromatic rings. The minimum Gasteiger partial charge on any atom is -0.462 e. The number of nitrogens with one attached hydrogen (secondary N) is 1. The second-order valence-electron chi connectivity index (χ2n) is 2.04. The zero-order valence-corrected chi connectivity index (χ0v) is 6.89. The molecule has 1 heterocycles. The molecule has 0 atom stereocenters. The van der Waals surface area contributed by atoms with E-state index in [-0.39, 0.29) is 18.0 Å². The van der Waals surface area contributed by atoms with Crippen LogP contribution in [0.25, 0.3) is 10.4 Å². The summed E-state index contributed by atoms with van der Waals surface area (Å²) < 4.78 is 4.69. The van der Waals surface area contributed by atoms with Crippen LogP contribution >= 0.6 is 0 Å². The largest absolute Gasteiger partial charge is 0.462 e. The summed E-state index contributed by atoms with van der Waals surface area (Å²) in [4.78, 5) is 13.7. The van der Waals surface area contributed by atoms with E-state index in [4.69, 9.17) is 10.3 Å². The van der Waals surface area contributed by atoms with Gasteiger partial charge in [0.15, 0.2) is 0 Å². The highest BCUT2D eigenvalue weighted by atomic mass is 16.5. The molecule has 0 aliphatic rings. The Labute approximate surface area is 73.3 Å². The van der Waals surface area contributed by atoms with Gasteiger partial charge in [0.05, 0.1) is 12.8 Å². The lowest BCUT2D eigenvalue weighted by molar-refractivity contribution is 0.0527. The quantitative estimate of drug-likeness (QED) is 0.331. The van der Waals surface area contributed by atoms with Crippen molar-refractivity contribution in [2.24, 2.45) is 5.11 Å². The normalized spacial score (nSPS) is 9.00. The lowest BCUT2D eigenvalue weighted by atomic mass is 10.3. The first-order chi connectivity index (χ1) is 6.29. The SMILES string of the molecule is CCOC(=O)c1cn[nH]c1N=[N+]=[N-]. The van der Waals surface area contributed by atoms with Crippen molar-refractivity contribution in [1.82, 2.24) is 10.2 Å². The molecular formula is C6H7N5O2. The van der Waals surface area contributed by atoms with Gasteiger partial charge < -0.3 is 4.74 Å². The molecule has 0 radical (unpaired) electrons. The molecule has 0 saturated carbocycles. The van der Waals surface area contributed by atoms with E-state index in [1.165, 1.54) is 6.20 Å². The number of azide groups is 1. The molecule has 7 nitrogen and oxygen atoms in total. The lowest BCUT2D eigenvalue weighted by Crippen LogP contribution is -2.03. The zero-order chi connectivity index (χ0) is 9.68. The van der Waals surface area contributed by atoms with Crippen LogP contribution in [0.4, 0.5) is 5.82 Å². The number of hydrogen-bond acceptors (Lipinski definition) is 4. The van der Waals surface area contributed by atoms with Crippen molar-refractivity contribution in [2.75, 3.05) is 6.61 Å². The van der Waals surface area contributed by atoms with Gasteiger partial charge in [-0.2, -0.15) is 5.10 Å². The first-order valence-corrected chi connectivity index (χ1v) is 3.55. The number of esters is 1. The van der Waals surface area contributed by atoms with Gasteiger partial charge >= 0.3 is 5.97 Å². The molecule has 1 aromatic heterocycles. The lowest BCUT2D eigenvalue weighted by Gasteiger charge is -1.97. The Morgan fingerprint density at radius 3 is 3.31 bits per heavy atom. The Morgan fingerprint density at radius 1 is 1.92 bits per heavy atom. The standard InChI is InChI=1S/C6H7N5O2/c1-2-13-6(12)4-3-8-9-5(4)10-11-7/h3H,2H2,1H3,(H,8,9). The Hall–Kier alpha value is -2.01. The van der Waals surface area contributed by atoms with Crippen molar-refractivity contribution in [2.45, 2.75) is 6.92 Å². The molecule has 0 fully saturated rings. The van der Waals surface area contributed by atoms with E-state index in [9.17, 15) is 4.79 Å². The van der Waals surface area contributed by atoms with Crippen LogP contribution in [-0.2, 0) is 4.74 Å². The Balaban J connectivity index is 2.93. The third-order valence-corrected chi connectivity index (χ3v) is 1.26. The molecule has 13 heavy (non-hydrogen) atoms. The first kappa shape index (κ1) is 9.08. The van der Waals surface area contributed by atoms with Crippen molar-refractivity contribution < 1.29 is 9.53 Å². The van der Waals surface area contributed by atoms with E-state index in [2.05, 4.69) is 20.2 Å². The van der Waals surface area contributed by atoms with Gasteiger partial charge in [-0.1, -0.05) is 0 Å². The van der Waals surface area contributed by atoms with Gasteiger partial charge in [0.25, 0.3) is 0 Å². The summed E-state index contributed by atoms with van der Waals surface area (Å²) in [6, 6.07) is 0. The summed E-state index contributed by atoms with van der Waals surface area (Å²) in [7, 11) is 0. The summed E-state index contributed by atoms with van der Waals surface area (Å²) in [5.41, 5.74) is 8.27. The van der Waals surface area contributed by atoms with Crippen LogP contribution < -0.4 is 0 Å². The second-order valence-corrected chi connectivity index (χ2v) is 2.04. The van der Waals surface area contributed by atoms with Gasteiger partial charge in [-0.15, -0.1) is 0 Å². The number of H-pyrrole nitrogens is 1. The van der Waals surface area contributed by atoms with Crippen LogP contribution in [0, 0.1) is 0 Å². The molecule has 0 saturated heterocycles. The number of nitrogens with zero attached hydrogens (tertiary/aromatic N) is 4. The fourth-order valence-electron chi connectivity index (χ4n) is 0.759. The Bertz CT molecular complexity index is 352. The van der Waals surface area contributed by atoms with Crippen LogP contribution in [0.1, 0.15) is 17.3 Å². The minimum absolute atomic E-state index is 0.0703. The van der Waals surface area contributed by atoms with Crippen molar-refractivity contribution in [3.8, 4) is 0 Å². The highest BCUT2D eigenvalue weighted by Crippen LogP contribution is 2.15. The second kappa shape index (κ2) is 4.13. The smallest absolute Gasteiger partial charge is 0.341 e. The van der Waals surface area contributed by atoms with Crippen LogP contribution in [0.5, 0.6) is 0 Å². The average molecular weight is 181 g/mol. The van der Waals surface area contributed by atoms with Gasteiger partial charge in [0, 0.05) is 4.91 Å². The summed E-state index contributed by atoms with van der Waals surface area (Å²) >= 11 is 0. The maximum atomic E-state index is 11.1. The third kappa shape index (κ3) is 1.97. The molecule has 0 bridgehead atoms.